The fourth-order valence-electron chi connectivity index (χ4n) is 11.4. The number of carbonyl (C=O) groups excluding carboxylic acids is 1. The summed E-state index contributed by atoms with van der Waals surface area (Å²) in [5.74, 6) is -1.09. The first-order valence-corrected chi connectivity index (χ1v) is 30.7. The van der Waals surface area contributed by atoms with Crippen molar-refractivity contribution in [1.82, 2.24) is 30.0 Å². The van der Waals surface area contributed by atoms with Gasteiger partial charge >= 0.3 is 18.3 Å². The smallest absolute Gasteiger partial charge is 0.423 e. The molecular formula is C60H75ClF6N10O9S2. The Balaban J connectivity index is 0.000000207. The van der Waals surface area contributed by atoms with Crippen molar-refractivity contribution in [2.45, 2.75) is 167 Å². The van der Waals surface area contributed by atoms with Crippen molar-refractivity contribution in [1.29, 1.82) is 0 Å². The van der Waals surface area contributed by atoms with E-state index in [4.69, 9.17) is 24.5 Å². The summed E-state index contributed by atoms with van der Waals surface area (Å²) in [4.78, 5) is 59.7. The first-order valence-electron chi connectivity index (χ1n) is 29.1. The number of nitro groups is 2. The second-order valence-corrected chi connectivity index (χ2v) is 25.4. The molecule has 10 rings (SSSR count). The highest BCUT2D eigenvalue weighted by atomic mass is 35.5. The molecule has 4 aromatic carbocycles. The number of rotatable bonds is 16. The van der Waals surface area contributed by atoms with E-state index < -0.39 is 50.7 Å². The number of hydrogen-bond donors (Lipinski definition) is 4. The number of piperazine rings is 2. The van der Waals surface area contributed by atoms with E-state index >= 15 is 0 Å². The van der Waals surface area contributed by atoms with Crippen LogP contribution in [0.15, 0.2) is 72.8 Å². The lowest BCUT2D eigenvalue weighted by atomic mass is 9.92. The van der Waals surface area contributed by atoms with E-state index in [1.807, 2.05) is 16.2 Å². The summed E-state index contributed by atoms with van der Waals surface area (Å²) >= 11 is 3.54. The predicted molar refractivity (Wildman–Crippen MR) is 329 cm³/mol. The quantitative estimate of drug-likeness (QED) is 0.0401. The van der Waals surface area contributed by atoms with Gasteiger partial charge in [0.2, 0.25) is 5.91 Å². The number of nitrogens with one attached hydrogen (secondary N) is 3. The number of aromatic nitrogens is 2. The number of thiazole rings is 2. The minimum atomic E-state index is -4.82. The molecule has 0 unspecified atom stereocenters. The lowest BCUT2D eigenvalue weighted by Crippen LogP contribution is -2.58. The number of carboxylic acid groups (broad SMARTS) is 1. The highest BCUT2D eigenvalue weighted by Crippen LogP contribution is 2.40. The Morgan fingerprint density at radius 3 is 1.51 bits per heavy atom. The minimum absolute atomic E-state index is 0. The summed E-state index contributed by atoms with van der Waals surface area (Å²) in [6, 6.07) is 19.8. The molecule has 2 saturated carbocycles. The number of aryl methyl sites for hydroxylation is 2. The van der Waals surface area contributed by atoms with Gasteiger partial charge in [0.1, 0.15) is 34.4 Å². The van der Waals surface area contributed by atoms with Crippen LogP contribution in [0.1, 0.15) is 111 Å². The molecule has 4 aliphatic rings. The zero-order chi connectivity index (χ0) is 62.9. The Bertz CT molecular complexity index is 3360. The molecule has 4 atom stereocenters. The molecule has 4 heterocycles. The number of nitro benzene ring substituents is 2. The molecule has 4 fully saturated rings. The van der Waals surface area contributed by atoms with Crippen molar-refractivity contribution in [3.8, 4) is 0 Å². The molecule has 88 heavy (non-hydrogen) atoms. The van der Waals surface area contributed by atoms with Crippen LogP contribution in [-0.2, 0) is 44.5 Å². The van der Waals surface area contributed by atoms with E-state index in [0.717, 1.165) is 73.0 Å². The maximum atomic E-state index is 13.3. The van der Waals surface area contributed by atoms with E-state index in [1.54, 1.807) is 11.3 Å². The normalized spacial score (nSPS) is 22.8. The molecule has 2 aliphatic heterocycles. The van der Waals surface area contributed by atoms with Gasteiger partial charge in [-0.2, -0.15) is 26.3 Å². The number of anilines is 2. The van der Waals surface area contributed by atoms with Crippen LogP contribution in [0.3, 0.4) is 0 Å². The Morgan fingerprint density at radius 2 is 1.08 bits per heavy atom. The largest absolute Gasteiger partial charge is 0.480 e. The van der Waals surface area contributed by atoms with Gasteiger partial charge in [0.15, 0.2) is 0 Å². The van der Waals surface area contributed by atoms with Crippen LogP contribution >= 0.6 is 35.1 Å². The van der Waals surface area contributed by atoms with Gasteiger partial charge in [-0.3, -0.25) is 34.8 Å². The number of carbonyl (C=O) groups is 2. The van der Waals surface area contributed by atoms with E-state index in [-0.39, 0.29) is 79.3 Å². The van der Waals surface area contributed by atoms with Crippen molar-refractivity contribution in [2.75, 3.05) is 50.0 Å². The molecule has 2 aromatic heterocycles. The van der Waals surface area contributed by atoms with Crippen LogP contribution in [0, 0.1) is 34.1 Å². The first-order chi connectivity index (χ1) is 41.1. The third kappa shape index (κ3) is 19.1. The molecular weight excluding hydrogens is 1220 g/mol. The zero-order valence-electron chi connectivity index (χ0n) is 49.7. The van der Waals surface area contributed by atoms with Crippen molar-refractivity contribution in [3.05, 3.63) is 125 Å². The van der Waals surface area contributed by atoms with Crippen LogP contribution < -0.4 is 16.0 Å². The zero-order valence-corrected chi connectivity index (χ0v) is 52.1. The van der Waals surface area contributed by atoms with E-state index in [2.05, 4.69) is 104 Å². The monoisotopic (exact) mass is 1290 g/mol. The summed E-state index contributed by atoms with van der Waals surface area (Å²) < 4.78 is 92.5. The van der Waals surface area contributed by atoms with Gasteiger partial charge < -0.3 is 35.4 Å². The lowest BCUT2D eigenvalue weighted by molar-refractivity contribution is -0.388. The number of benzene rings is 4. The van der Waals surface area contributed by atoms with Crippen LogP contribution in [-0.4, -0.2) is 139 Å². The molecule has 19 nitrogen and oxygen atoms in total. The average Bonchev–Trinajstić information content (AvgIpc) is 2.68. The lowest BCUT2D eigenvalue weighted by Gasteiger charge is -2.44. The van der Waals surface area contributed by atoms with Gasteiger partial charge in [-0.25, -0.2) is 14.8 Å². The molecule has 6 aromatic rings. The molecule has 0 bridgehead atoms. The van der Waals surface area contributed by atoms with Gasteiger partial charge in [0, 0.05) is 85.9 Å². The number of halogens is 7. The molecule has 4 N–H and O–H groups in total. The maximum absolute atomic E-state index is 13.3. The van der Waals surface area contributed by atoms with Crippen molar-refractivity contribution < 1.29 is 60.4 Å². The molecule has 2 aliphatic carbocycles. The molecule has 0 spiro atoms. The standard InChI is InChI=1S/C30H36F3N5O4S.C15H17F3N2O5.C15H21N3S.ClH/c1-18-4-11-27-25(12-18)35-28(43-27)16-36-14-20(3)37(15-19(36)2)29(39)17-42-23-8-5-21(6-9-23)34-22-7-10-26(38(40)41)24(13-22)30(31,32)33;16-15(17,18)12-7-10(3-6-13(12)20(23)24)19-9-1-4-11(5-2-9)25-8-14(21)22;1-10-4-5-14-13(6-10)17-15(19-14)9-18-8-11(2)16-7-12(18)3;/h4,7,10-13,19-21,23,34H,5-6,8-9,14-17H2,1-3H3;3,6-7,9,11,19H,1-2,4-5,8H2,(H,21,22);4-6,11-12,16H,7-9H2,1-3H3;1H/t19-,20+,21?,23?;;11-,12+;/m0.1./s1. The predicted octanol–water partition coefficient (Wildman–Crippen LogP) is 13.0. The Kier molecular flexibility index (Phi) is 23.9. The number of hydrogen-bond acceptors (Lipinski definition) is 17. The summed E-state index contributed by atoms with van der Waals surface area (Å²) in [5, 5.41) is 42.2. The third-order valence-corrected chi connectivity index (χ3v) is 18.2. The van der Waals surface area contributed by atoms with Crippen LogP contribution in [0.2, 0.25) is 0 Å². The summed E-state index contributed by atoms with van der Waals surface area (Å²) in [7, 11) is 0. The van der Waals surface area contributed by atoms with Gasteiger partial charge in [-0.05, 0) is 153 Å². The van der Waals surface area contributed by atoms with Crippen molar-refractivity contribution in [2.24, 2.45) is 0 Å². The summed E-state index contributed by atoms with van der Waals surface area (Å²) in [5.41, 5.74) is 0.497. The number of fused-ring (bicyclic) bond motifs is 2. The van der Waals surface area contributed by atoms with Crippen LogP contribution in [0.5, 0.6) is 0 Å². The highest BCUT2D eigenvalue weighted by Gasteiger charge is 2.40. The average molecular weight is 1290 g/mol. The minimum Gasteiger partial charge on any atom is -0.480 e. The Hall–Kier alpha value is -6.33. The number of amides is 1. The number of carboxylic acids is 1. The third-order valence-electron chi connectivity index (χ3n) is 16.2. The van der Waals surface area contributed by atoms with Crippen molar-refractivity contribution >= 4 is 90.1 Å². The molecule has 0 radical (unpaired) electrons. The fourth-order valence-corrected chi connectivity index (χ4v) is 13.4. The van der Waals surface area contributed by atoms with Gasteiger partial charge in [-0.1, -0.05) is 12.1 Å². The fraction of sp³-hybridized carbons (Fsp3) is 0.533. The number of alkyl halides is 6. The van der Waals surface area contributed by atoms with Gasteiger partial charge in [0.25, 0.3) is 11.4 Å². The molecule has 480 valence electrons. The Morgan fingerprint density at radius 1 is 0.636 bits per heavy atom. The summed E-state index contributed by atoms with van der Waals surface area (Å²) in [6.07, 6.45) is -4.95. The first kappa shape index (κ1) is 69.1. The van der Waals surface area contributed by atoms with E-state index in [9.17, 15) is 56.2 Å². The highest BCUT2D eigenvalue weighted by molar-refractivity contribution is 7.18. The maximum Gasteiger partial charge on any atom is 0.423 e. The van der Waals surface area contributed by atoms with Gasteiger partial charge in [-0.15, -0.1) is 35.1 Å². The van der Waals surface area contributed by atoms with Crippen LogP contribution in [0.25, 0.3) is 20.4 Å². The second kappa shape index (κ2) is 30.5. The van der Waals surface area contributed by atoms with Crippen molar-refractivity contribution in [3.63, 3.8) is 0 Å². The topological polar surface area (TPSA) is 231 Å². The second-order valence-electron chi connectivity index (χ2n) is 23.1. The number of nitrogens with zero attached hydrogens (tertiary/aromatic N) is 7. The molecule has 1 amide bonds. The molecule has 2 saturated heterocycles. The van der Waals surface area contributed by atoms with Crippen LogP contribution in [0.4, 0.5) is 49.1 Å². The number of ether oxygens (including phenoxy) is 2. The summed E-state index contributed by atoms with van der Waals surface area (Å²) in [6.45, 7) is 17.8. The number of aliphatic carboxylic acids is 1. The van der Waals surface area contributed by atoms with E-state index in [0.29, 0.717) is 70.0 Å². The van der Waals surface area contributed by atoms with Gasteiger partial charge in [0.05, 0.1) is 55.6 Å². The van der Waals surface area contributed by atoms with E-state index in [1.165, 1.54) is 37.7 Å². The Labute approximate surface area is 520 Å². The SMILES string of the molecule is Cc1ccc2sc(CN3C[C@@H](C)N(C(=O)COC4CCC(Nc5ccc([N+](=O)[O-])c(C(F)(F)F)c5)CC4)C[C@@H]3C)nc2c1.Cc1ccc2sc(CN3C[C@@H](C)NC[C@@H]3C)nc2c1.Cl.O=C(O)COC1CCC(Nc2ccc([N+](=O)[O-])c(C(F)(F)F)c2)CC1. The molecule has 28 heteroatoms.